The van der Waals surface area contributed by atoms with Crippen LogP contribution in [-0.2, 0) is 9.59 Å². The summed E-state index contributed by atoms with van der Waals surface area (Å²) < 4.78 is 0. The van der Waals surface area contributed by atoms with Crippen LogP contribution >= 0.6 is 0 Å². The van der Waals surface area contributed by atoms with E-state index in [1.165, 1.54) is 10.8 Å². The first-order chi connectivity index (χ1) is 7.61. The first kappa shape index (κ1) is 11.7. The smallest absolute Gasteiger partial charge is 0.414 e. The van der Waals surface area contributed by atoms with E-state index < -0.39 is 11.9 Å². The van der Waals surface area contributed by atoms with Crippen LogP contribution in [-0.4, -0.2) is 22.2 Å². The molecule has 0 heterocycles. The van der Waals surface area contributed by atoms with Crippen LogP contribution < -0.4 is 0 Å². The third-order valence-electron chi connectivity index (χ3n) is 1.84. The first-order valence-corrected chi connectivity index (χ1v) is 4.51. The van der Waals surface area contributed by atoms with Crippen LogP contribution in [0.1, 0.15) is 0 Å². The van der Waals surface area contributed by atoms with E-state index in [4.69, 9.17) is 19.8 Å². The lowest BCUT2D eigenvalue weighted by molar-refractivity contribution is -0.159. The number of fused-ring (bicyclic) bond motifs is 1. The molecule has 0 atom stereocenters. The summed E-state index contributed by atoms with van der Waals surface area (Å²) in [6, 6.07) is 16.7. The first-order valence-electron chi connectivity index (χ1n) is 4.51. The summed E-state index contributed by atoms with van der Waals surface area (Å²) in [7, 11) is 0. The Bertz CT molecular complexity index is 428. The predicted molar refractivity (Wildman–Crippen MR) is 59.2 cm³/mol. The Morgan fingerprint density at radius 2 is 0.938 bits per heavy atom. The van der Waals surface area contributed by atoms with E-state index in [1.54, 1.807) is 0 Å². The van der Waals surface area contributed by atoms with E-state index in [9.17, 15) is 0 Å². The molecular formula is C12H10O4. The molecule has 0 amide bonds. The average molecular weight is 218 g/mol. The Morgan fingerprint density at radius 3 is 1.12 bits per heavy atom. The van der Waals surface area contributed by atoms with Gasteiger partial charge in [-0.05, 0) is 10.8 Å². The maximum Gasteiger partial charge on any atom is 0.414 e. The van der Waals surface area contributed by atoms with E-state index in [0.29, 0.717) is 0 Å². The fraction of sp³-hybridized carbons (Fsp3) is 0. The van der Waals surface area contributed by atoms with Crippen molar-refractivity contribution >= 4 is 22.7 Å². The molecule has 0 unspecified atom stereocenters. The molecule has 2 aromatic rings. The maximum absolute atomic E-state index is 9.10. The van der Waals surface area contributed by atoms with Gasteiger partial charge in [0.25, 0.3) is 0 Å². The lowest BCUT2D eigenvalue weighted by Gasteiger charge is -1.92. The SMILES string of the molecule is O=C(O)C(=O)O.c1ccc2ccccc2c1. The lowest BCUT2D eigenvalue weighted by Crippen LogP contribution is -2.09. The average Bonchev–Trinajstić information content (AvgIpc) is 2.30. The molecule has 2 N–H and O–H groups in total. The summed E-state index contributed by atoms with van der Waals surface area (Å²) in [6.45, 7) is 0. The lowest BCUT2D eigenvalue weighted by atomic mass is 10.1. The summed E-state index contributed by atoms with van der Waals surface area (Å²) in [5, 5.41) is 17.4. The Kier molecular flexibility index (Phi) is 4.03. The Hall–Kier alpha value is -2.36. The standard InChI is InChI=1S/C10H8.C2H2O4/c1-2-6-10-8-4-3-7-9(10)5-1;3-1(4)2(5)6/h1-8H;(H,3,4)(H,5,6). The van der Waals surface area contributed by atoms with Gasteiger partial charge in [0.15, 0.2) is 0 Å². The number of carboxylic acid groups (broad SMARTS) is 2. The Labute approximate surface area is 91.8 Å². The molecule has 0 saturated heterocycles. The van der Waals surface area contributed by atoms with Gasteiger partial charge < -0.3 is 10.2 Å². The topological polar surface area (TPSA) is 74.6 Å². The third kappa shape index (κ3) is 3.42. The molecule has 4 heteroatoms. The fourth-order valence-electron chi connectivity index (χ4n) is 1.13. The van der Waals surface area contributed by atoms with Crippen LogP contribution in [0.25, 0.3) is 10.8 Å². The molecule has 82 valence electrons. The van der Waals surface area contributed by atoms with Crippen molar-refractivity contribution in [2.75, 3.05) is 0 Å². The monoisotopic (exact) mass is 218 g/mol. The summed E-state index contributed by atoms with van der Waals surface area (Å²) in [5.74, 6) is -3.65. The Balaban J connectivity index is 0.000000187. The Morgan fingerprint density at radius 1 is 0.688 bits per heavy atom. The number of hydrogen-bond acceptors (Lipinski definition) is 2. The van der Waals surface area contributed by atoms with Crippen LogP contribution in [0.4, 0.5) is 0 Å². The minimum absolute atomic E-state index is 1.31. The highest BCUT2D eigenvalue weighted by molar-refractivity contribution is 6.27. The second-order valence-electron chi connectivity index (χ2n) is 2.96. The number of hydrogen-bond donors (Lipinski definition) is 2. The van der Waals surface area contributed by atoms with E-state index in [1.807, 2.05) is 0 Å². The highest BCUT2D eigenvalue weighted by Gasteiger charge is 2.04. The number of carboxylic acids is 2. The molecule has 4 nitrogen and oxygen atoms in total. The second-order valence-corrected chi connectivity index (χ2v) is 2.96. The van der Waals surface area contributed by atoms with Crippen LogP contribution in [0.5, 0.6) is 0 Å². The molecule has 16 heavy (non-hydrogen) atoms. The van der Waals surface area contributed by atoms with Gasteiger partial charge in [-0.25, -0.2) is 9.59 Å². The molecule has 0 aliphatic carbocycles. The molecule has 0 aliphatic heterocycles. The normalized spacial score (nSPS) is 9.00. The molecule has 0 fully saturated rings. The quantitative estimate of drug-likeness (QED) is 0.663. The molecule has 0 radical (unpaired) electrons. The zero-order valence-electron chi connectivity index (χ0n) is 8.33. The van der Waals surface area contributed by atoms with E-state index in [2.05, 4.69) is 48.5 Å². The van der Waals surface area contributed by atoms with Gasteiger partial charge in [0.1, 0.15) is 0 Å². The zero-order chi connectivity index (χ0) is 12.0. The summed E-state index contributed by atoms with van der Waals surface area (Å²) in [6.07, 6.45) is 0. The second kappa shape index (κ2) is 5.50. The summed E-state index contributed by atoms with van der Waals surface area (Å²) in [5.41, 5.74) is 0. The van der Waals surface area contributed by atoms with Gasteiger partial charge in [0.2, 0.25) is 0 Å². The molecular weight excluding hydrogens is 208 g/mol. The summed E-state index contributed by atoms with van der Waals surface area (Å²) >= 11 is 0. The van der Waals surface area contributed by atoms with Crippen molar-refractivity contribution in [1.29, 1.82) is 0 Å². The third-order valence-corrected chi connectivity index (χ3v) is 1.84. The van der Waals surface area contributed by atoms with E-state index in [0.717, 1.165) is 0 Å². The number of rotatable bonds is 0. The van der Waals surface area contributed by atoms with Gasteiger partial charge in [0, 0.05) is 0 Å². The van der Waals surface area contributed by atoms with Crippen LogP contribution in [0.15, 0.2) is 48.5 Å². The minimum Gasteiger partial charge on any atom is -0.473 e. The van der Waals surface area contributed by atoms with Gasteiger partial charge in [-0.1, -0.05) is 48.5 Å². The van der Waals surface area contributed by atoms with Crippen molar-refractivity contribution in [3.05, 3.63) is 48.5 Å². The molecule has 2 aromatic carbocycles. The number of aliphatic carboxylic acids is 2. The molecule has 0 saturated carbocycles. The van der Waals surface area contributed by atoms with Gasteiger partial charge in [-0.2, -0.15) is 0 Å². The largest absolute Gasteiger partial charge is 0.473 e. The summed E-state index contributed by atoms with van der Waals surface area (Å²) in [4.78, 5) is 18.2. The molecule has 0 aliphatic rings. The van der Waals surface area contributed by atoms with E-state index >= 15 is 0 Å². The fourth-order valence-corrected chi connectivity index (χ4v) is 1.13. The van der Waals surface area contributed by atoms with Crippen LogP contribution in [0.2, 0.25) is 0 Å². The molecule has 0 aromatic heterocycles. The van der Waals surface area contributed by atoms with Crippen molar-refractivity contribution in [2.45, 2.75) is 0 Å². The minimum atomic E-state index is -1.82. The van der Waals surface area contributed by atoms with Gasteiger partial charge in [-0.3, -0.25) is 0 Å². The highest BCUT2D eigenvalue weighted by Crippen LogP contribution is 2.11. The van der Waals surface area contributed by atoms with Crippen molar-refractivity contribution in [3.8, 4) is 0 Å². The zero-order valence-corrected chi connectivity index (χ0v) is 8.33. The number of benzene rings is 2. The van der Waals surface area contributed by atoms with Crippen LogP contribution in [0.3, 0.4) is 0 Å². The van der Waals surface area contributed by atoms with Crippen molar-refractivity contribution < 1.29 is 19.8 Å². The molecule has 2 rings (SSSR count). The van der Waals surface area contributed by atoms with Crippen molar-refractivity contribution in [2.24, 2.45) is 0 Å². The molecule has 0 bridgehead atoms. The van der Waals surface area contributed by atoms with Gasteiger partial charge in [0.05, 0.1) is 0 Å². The van der Waals surface area contributed by atoms with Crippen molar-refractivity contribution in [3.63, 3.8) is 0 Å². The van der Waals surface area contributed by atoms with Gasteiger partial charge in [-0.15, -0.1) is 0 Å². The van der Waals surface area contributed by atoms with Gasteiger partial charge >= 0.3 is 11.9 Å². The van der Waals surface area contributed by atoms with E-state index in [-0.39, 0.29) is 0 Å². The maximum atomic E-state index is 9.10. The van der Waals surface area contributed by atoms with Crippen molar-refractivity contribution in [1.82, 2.24) is 0 Å². The number of carbonyl (C=O) groups is 2. The molecule has 0 spiro atoms. The highest BCUT2D eigenvalue weighted by atomic mass is 16.4. The predicted octanol–water partition coefficient (Wildman–Crippen LogP) is 2.00. The van der Waals surface area contributed by atoms with Crippen LogP contribution in [0, 0.1) is 0 Å².